The Morgan fingerprint density at radius 2 is 2.15 bits per heavy atom. The number of nitrogens with one attached hydrogen (secondary N) is 1. The van der Waals surface area contributed by atoms with E-state index in [4.69, 9.17) is 4.74 Å². The highest BCUT2D eigenvalue weighted by molar-refractivity contribution is 5.68. The summed E-state index contributed by atoms with van der Waals surface area (Å²) in [6, 6.07) is 0.465. The van der Waals surface area contributed by atoms with Crippen LogP contribution in [0.15, 0.2) is 0 Å². The van der Waals surface area contributed by atoms with Gasteiger partial charge in [0, 0.05) is 19.1 Å². The molecule has 0 aromatic carbocycles. The van der Waals surface area contributed by atoms with Crippen molar-refractivity contribution in [1.29, 1.82) is 0 Å². The number of amides is 1. The summed E-state index contributed by atoms with van der Waals surface area (Å²) < 4.78 is 5.47. The lowest BCUT2D eigenvalue weighted by atomic mass is 9.91. The van der Waals surface area contributed by atoms with Gasteiger partial charge in [0.25, 0.3) is 0 Å². The minimum absolute atomic E-state index is 0.164. The minimum atomic E-state index is -0.408. The van der Waals surface area contributed by atoms with Crippen LogP contribution >= 0.6 is 0 Å². The van der Waals surface area contributed by atoms with Crippen LogP contribution in [0, 0.1) is 5.92 Å². The number of piperidine rings is 1. The third-order valence-corrected chi connectivity index (χ3v) is 3.81. The van der Waals surface area contributed by atoms with Gasteiger partial charge in [0.15, 0.2) is 0 Å². The first-order valence-corrected chi connectivity index (χ1v) is 8.04. The van der Waals surface area contributed by atoms with E-state index in [1.165, 1.54) is 19.3 Å². The topological polar surface area (TPSA) is 41.6 Å². The van der Waals surface area contributed by atoms with E-state index in [0.717, 1.165) is 26.1 Å². The van der Waals surface area contributed by atoms with Crippen LogP contribution in [0.25, 0.3) is 0 Å². The second kappa shape index (κ2) is 7.87. The highest BCUT2D eigenvalue weighted by Crippen LogP contribution is 2.21. The zero-order valence-corrected chi connectivity index (χ0v) is 13.9. The van der Waals surface area contributed by atoms with Crippen LogP contribution < -0.4 is 5.32 Å². The van der Waals surface area contributed by atoms with Crippen molar-refractivity contribution in [3.63, 3.8) is 0 Å². The largest absolute Gasteiger partial charge is 0.444 e. The average molecular weight is 284 g/mol. The molecule has 0 bridgehead atoms. The first-order valence-electron chi connectivity index (χ1n) is 8.04. The quantitative estimate of drug-likeness (QED) is 0.787. The number of unbranched alkanes of at least 4 members (excludes halogenated alkanes) is 1. The molecule has 0 aromatic rings. The molecule has 4 nitrogen and oxygen atoms in total. The zero-order chi connectivity index (χ0) is 15.2. The van der Waals surface area contributed by atoms with Crippen molar-refractivity contribution in [1.82, 2.24) is 10.2 Å². The average Bonchev–Trinajstić information content (AvgIpc) is 2.37. The third-order valence-electron chi connectivity index (χ3n) is 3.81. The molecule has 1 aliphatic heterocycles. The van der Waals surface area contributed by atoms with E-state index in [9.17, 15) is 4.79 Å². The molecule has 1 amide bonds. The van der Waals surface area contributed by atoms with Gasteiger partial charge in [-0.15, -0.1) is 0 Å². The number of ether oxygens (including phenoxy) is 1. The highest BCUT2D eigenvalue weighted by atomic mass is 16.6. The van der Waals surface area contributed by atoms with Crippen molar-refractivity contribution >= 4 is 6.09 Å². The smallest absolute Gasteiger partial charge is 0.410 e. The SMILES string of the molecule is CCCCNC(C)C1CCCN(C(=O)OC(C)(C)C)C1. The summed E-state index contributed by atoms with van der Waals surface area (Å²) in [7, 11) is 0. The van der Waals surface area contributed by atoms with E-state index in [1.54, 1.807) is 0 Å². The minimum Gasteiger partial charge on any atom is -0.444 e. The fraction of sp³-hybridized carbons (Fsp3) is 0.938. The molecule has 2 unspecified atom stereocenters. The lowest BCUT2D eigenvalue weighted by Gasteiger charge is -2.36. The lowest BCUT2D eigenvalue weighted by Crippen LogP contribution is -2.48. The van der Waals surface area contributed by atoms with Gasteiger partial charge in [-0.25, -0.2) is 4.79 Å². The molecule has 0 aliphatic carbocycles. The third kappa shape index (κ3) is 6.12. The molecule has 2 atom stereocenters. The number of nitrogens with zero attached hydrogens (tertiary/aromatic N) is 1. The van der Waals surface area contributed by atoms with Crippen LogP contribution in [0.2, 0.25) is 0 Å². The summed E-state index contributed by atoms with van der Waals surface area (Å²) in [6.45, 7) is 12.9. The molecule has 0 spiro atoms. The van der Waals surface area contributed by atoms with Crippen molar-refractivity contribution in [2.75, 3.05) is 19.6 Å². The van der Waals surface area contributed by atoms with Crippen LogP contribution in [0.1, 0.15) is 60.3 Å². The van der Waals surface area contributed by atoms with Gasteiger partial charge in [0.05, 0.1) is 0 Å². The van der Waals surface area contributed by atoms with E-state index < -0.39 is 5.60 Å². The first kappa shape index (κ1) is 17.3. The number of carbonyl (C=O) groups excluding carboxylic acids is 1. The Morgan fingerprint density at radius 3 is 2.75 bits per heavy atom. The second-order valence-electron chi connectivity index (χ2n) is 6.93. The van der Waals surface area contributed by atoms with Crippen LogP contribution in [-0.4, -0.2) is 42.3 Å². The second-order valence-corrected chi connectivity index (χ2v) is 6.93. The maximum Gasteiger partial charge on any atom is 0.410 e. The molecule has 4 heteroatoms. The Bertz CT molecular complexity index is 299. The number of rotatable bonds is 5. The number of likely N-dealkylation sites (tertiary alicyclic amines) is 1. The van der Waals surface area contributed by atoms with Crippen molar-refractivity contribution in [3.8, 4) is 0 Å². The molecular formula is C16H32N2O2. The monoisotopic (exact) mass is 284 g/mol. The van der Waals surface area contributed by atoms with Gasteiger partial charge in [-0.3, -0.25) is 0 Å². The van der Waals surface area contributed by atoms with E-state index in [-0.39, 0.29) is 6.09 Å². The number of hydrogen-bond acceptors (Lipinski definition) is 3. The van der Waals surface area contributed by atoms with Crippen molar-refractivity contribution in [2.24, 2.45) is 5.92 Å². The Labute approximate surface area is 124 Å². The van der Waals surface area contributed by atoms with E-state index >= 15 is 0 Å². The van der Waals surface area contributed by atoms with Gasteiger partial charge in [-0.05, 0) is 59.4 Å². The summed E-state index contributed by atoms with van der Waals surface area (Å²) in [6.07, 6.45) is 4.54. The molecule has 1 aliphatic rings. The first-order chi connectivity index (χ1) is 9.33. The van der Waals surface area contributed by atoms with E-state index in [2.05, 4.69) is 19.2 Å². The summed E-state index contributed by atoms with van der Waals surface area (Å²) in [4.78, 5) is 14.0. The Kier molecular flexibility index (Phi) is 6.80. The van der Waals surface area contributed by atoms with E-state index in [0.29, 0.717) is 12.0 Å². The van der Waals surface area contributed by atoms with Gasteiger partial charge in [-0.1, -0.05) is 13.3 Å². The summed E-state index contributed by atoms with van der Waals surface area (Å²) >= 11 is 0. The van der Waals surface area contributed by atoms with E-state index in [1.807, 2.05) is 25.7 Å². The maximum atomic E-state index is 12.1. The van der Waals surface area contributed by atoms with Crippen molar-refractivity contribution in [3.05, 3.63) is 0 Å². The van der Waals surface area contributed by atoms with Crippen molar-refractivity contribution < 1.29 is 9.53 Å². The molecular weight excluding hydrogens is 252 g/mol. The standard InChI is InChI=1S/C16H32N2O2/c1-6-7-10-17-13(2)14-9-8-11-18(12-14)15(19)20-16(3,4)5/h13-14,17H,6-12H2,1-5H3. The van der Waals surface area contributed by atoms with Gasteiger partial charge >= 0.3 is 6.09 Å². The predicted octanol–water partition coefficient (Wildman–Crippen LogP) is 3.41. The number of carbonyl (C=O) groups is 1. The molecule has 1 fully saturated rings. The van der Waals surface area contributed by atoms with Gasteiger partial charge in [0.2, 0.25) is 0 Å². The predicted molar refractivity (Wildman–Crippen MR) is 82.9 cm³/mol. The molecule has 1 heterocycles. The van der Waals surface area contributed by atoms with Crippen molar-refractivity contribution in [2.45, 2.75) is 71.9 Å². The molecule has 118 valence electrons. The van der Waals surface area contributed by atoms with Crippen LogP contribution in [0.4, 0.5) is 4.79 Å². The maximum absolute atomic E-state index is 12.1. The molecule has 1 saturated heterocycles. The lowest BCUT2D eigenvalue weighted by molar-refractivity contribution is 0.0148. The van der Waals surface area contributed by atoms with Crippen LogP contribution in [0.3, 0.4) is 0 Å². The zero-order valence-electron chi connectivity index (χ0n) is 13.9. The number of hydrogen-bond donors (Lipinski definition) is 1. The Balaban J connectivity index is 2.43. The van der Waals surface area contributed by atoms with Gasteiger partial charge in [-0.2, -0.15) is 0 Å². The fourth-order valence-corrected chi connectivity index (χ4v) is 2.58. The summed E-state index contributed by atoms with van der Waals surface area (Å²) in [5.74, 6) is 0.535. The Hall–Kier alpha value is -0.770. The normalized spacial score (nSPS) is 21.6. The molecule has 1 rings (SSSR count). The summed E-state index contributed by atoms with van der Waals surface area (Å²) in [5, 5.41) is 3.58. The Morgan fingerprint density at radius 1 is 1.45 bits per heavy atom. The van der Waals surface area contributed by atoms with Crippen LogP contribution in [-0.2, 0) is 4.74 Å². The van der Waals surface area contributed by atoms with Crippen LogP contribution in [0.5, 0.6) is 0 Å². The van der Waals surface area contributed by atoms with Gasteiger partial charge in [0.1, 0.15) is 5.60 Å². The molecule has 0 aromatic heterocycles. The molecule has 0 radical (unpaired) electrons. The van der Waals surface area contributed by atoms with Gasteiger partial charge < -0.3 is 15.0 Å². The molecule has 1 N–H and O–H groups in total. The molecule has 0 saturated carbocycles. The summed E-state index contributed by atoms with van der Waals surface area (Å²) in [5.41, 5.74) is -0.408. The fourth-order valence-electron chi connectivity index (χ4n) is 2.58. The molecule has 20 heavy (non-hydrogen) atoms. The highest BCUT2D eigenvalue weighted by Gasteiger charge is 2.29.